The van der Waals surface area contributed by atoms with Gasteiger partial charge in [-0.05, 0) is 25.1 Å². The fourth-order valence-electron chi connectivity index (χ4n) is 1.22. The van der Waals surface area contributed by atoms with Crippen LogP contribution in [0.25, 0.3) is 0 Å². The monoisotopic (exact) mass is 305 g/mol. The summed E-state index contributed by atoms with van der Waals surface area (Å²) in [7, 11) is 0. The van der Waals surface area contributed by atoms with Crippen LogP contribution in [0.5, 0.6) is 5.75 Å². The standard InChI is InChI=1S/C12H13Cl2NO4/c1-7(12(17)18)15-11(16)4-5-19-10-3-2-8(13)6-9(10)14/h2-3,6-7H,4-5H2,1H3,(H,15,16)(H,17,18)/t7-/m1/s1. The highest BCUT2D eigenvalue weighted by molar-refractivity contribution is 6.35. The molecule has 0 spiro atoms. The minimum Gasteiger partial charge on any atom is -0.491 e. The molecule has 0 heterocycles. The Hall–Kier alpha value is -1.46. The number of hydrogen-bond donors (Lipinski definition) is 2. The highest BCUT2D eigenvalue weighted by Gasteiger charge is 2.13. The summed E-state index contributed by atoms with van der Waals surface area (Å²) in [6, 6.07) is 3.83. The molecule has 1 atom stereocenters. The third-order valence-corrected chi connectivity index (χ3v) is 2.76. The predicted molar refractivity (Wildman–Crippen MR) is 71.8 cm³/mol. The Morgan fingerprint density at radius 3 is 2.68 bits per heavy atom. The summed E-state index contributed by atoms with van der Waals surface area (Å²) in [5, 5.41) is 11.8. The third kappa shape index (κ3) is 5.36. The zero-order valence-corrected chi connectivity index (χ0v) is 11.7. The van der Waals surface area contributed by atoms with E-state index in [-0.39, 0.29) is 13.0 Å². The summed E-state index contributed by atoms with van der Waals surface area (Å²) in [5.41, 5.74) is 0. The van der Waals surface area contributed by atoms with Crippen molar-refractivity contribution in [3.8, 4) is 5.75 Å². The van der Waals surface area contributed by atoms with Crippen molar-refractivity contribution in [1.82, 2.24) is 5.32 Å². The maximum Gasteiger partial charge on any atom is 0.325 e. The molecule has 0 aromatic heterocycles. The van der Waals surface area contributed by atoms with Gasteiger partial charge in [-0.1, -0.05) is 23.2 Å². The van der Waals surface area contributed by atoms with Crippen molar-refractivity contribution in [2.45, 2.75) is 19.4 Å². The first kappa shape index (κ1) is 15.6. The summed E-state index contributed by atoms with van der Waals surface area (Å²) in [4.78, 5) is 21.9. The van der Waals surface area contributed by atoms with Gasteiger partial charge >= 0.3 is 5.97 Å². The number of amides is 1. The van der Waals surface area contributed by atoms with Gasteiger partial charge in [0.25, 0.3) is 0 Å². The van der Waals surface area contributed by atoms with Gasteiger partial charge < -0.3 is 15.2 Å². The van der Waals surface area contributed by atoms with Gasteiger partial charge in [0.15, 0.2) is 0 Å². The van der Waals surface area contributed by atoms with Gasteiger partial charge in [0.1, 0.15) is 11.8 Å². The van der Waals surface area contributed by atoms with Crippen LogP contribution in [0.1, 0.15) is 13.3 Å². The number of carbonyl (C=O) groups is 2. The van der Waals surface area contributed by atoms with Crippen molar-refractivity contribution in [3.05, 3.63) is 28.2 Å². The van der Waals surface area contributed by atoms with E-state index in [1.54, 1.807) is 12.1 Å². The molecule has 1 rings (SSSR count). The van der Waals surface area contributed by atoms with Crippen LogP contribution in [0.2, 0.25) is 10.0 Å². The number of rotatable bonds is 6. The van der Waals surface area contributed by atoms with E-state index < -0.39 is 17.9 Å². The van der Waals surface area contributed by atoms with E-state index in [1.807, 2.05) is 0 Å². The number of hydrogen-bond acceptors (Lipinski definition) is 3. The number of ether oxygens (including phenoxy) is 1. The minimum atomic E-state index is -1.09. The van der Waals surface area contributed by atoms with Crippen LogP contribution < -0.4 is 10.1 Å². The SMILES string of the molecule is C[C@@H](NC(=O)CCOc1ccc(Cl)cc1Cl)C(=O)O. The van der Waals surface area contributed by atoms with Crippen LogP contribution >= 0.6 is 23.2 Å². The van der Waals surface area contributed by atoms with Crippen LogP contribution in [-0.2, 0) is 9.59 Å². The molecular formula is C12H13Cl2NO4. The Balaban J connectivity index is 2.38. The summed E-state index contributed by atoms with van der Waals surface area (Å²) < 4.78 is 5.31. The van der Waals surface area contributed by atoms with E-state index in [4.69, 9.17) is 33.0 Å². The molecule has 0 saturated carbocycles. The largest absolute Gasteiger partial charge is 0.491 e. The van der Waals surface area contributed by atoms with Crippen LogP contribution in [0, 0.1) is 0 Å². The van der Waals surface area contributed by atoms with Crippen molar-refractivity contribution < 1.29 is 19.4 Å². The van der Waals surface area contributed by atoms with Crippen LogP contribution in [-0.4, -0.2) is 29.6 Å². The van der Waals surface area contributed by atoms with Gasteiger partial charge in [-0.2, -0.15) is 0 Å². The molecule has 104 valence electrons. The first-order chi connectivity index (χ1) is 8.90. The molecule has 0 aliphatic carbocycles. The van der Waals surface area contributed by atoms with Crippen molar-refractivity contribution >= 4 is 35.1 Å². The molecule has 19 heavy (non-hydrogen) atoms. The molecule has 1 aromatic carbocycles. The van der Waals surface area contributed by atoms with Crippen LogP contribution in [0.3, 0.4) is 0 Å². The lowest BCUT2D eigenvalue weighted by molar-refractivity contribution is -0.141. The topological polar surface area (TPSA) is 75.6 Å². The highest BCUT2D eigenvalue weighted by atomic mass is 35.5. The normalized spacial score (nSPS) is 11.7. The molecule has 0 bridgehead atoms. The average Bonchev–Trinajstić information content (AvgIpc) is 2.31. The fraction of sp³-hybridized carbons (Fsp3) is 0.333. The number of halogens is 2. The molecule has 7 heteroatoms. The maximum atomic E-state index is 11.4. The smallest absolute Gasteiger partial charge is 0.325 e. The number of aliphatic carboxylic acids is 1. The molecule has 0 saturated heterocycles. The first-order valence-electron chi connectivity index (χ1n) is 5.50. The molecule has 1 amide bonds. The quantitative estimate of drug-likeness (QED) is 0.846. The third-order valence-electron chi connectivity index (χ3n) is 2.23. The van der Waals surface area contributed by atoms with Gasteiger partial charge in [-0.15, -0.1) is 0 Å². The summed E-state index contributed by atoms with van der Waals surface area (Å²) in [6.45, 7) is 1.48. The molecule has 5 nitrogen and oxygen atoms in total. The highest BCUT2D eigenvalue weighted by Crippen LogP contribution is 2.27. The molecule has 0 unspecified atom stereocenters. The Morgan fingerprint density at radius 2 is 2.11 bits per heavy atom. The van der Waals surface area contributed by atoms with Gasteiger partial charge in [-0.3, -0.25) is 9.59 Å². The molecule has 0 aliphatic rings. The van der Waals surface area contributed by atoms with Gasteiger partial charge in [0, 0.05) is 5.02 Å². The Bertz CT molecular complexity index is 479. The number of benzene rings is 1. The van der Waals surface area contributed by atoms with Crippen molar-refractivity contribution in [1.29, 1.82) is 0 Å². The maximum absolute atomic E-state index is 11.4. The lowest BCUT2D eigenvalue weighted by Crippen LogP contribution is -2.38. The molecule has 0 radical (unpaired) electrons. The summed E-state index contributed by atoms with van der Waals surface area (Å²) >= 11 is 11.6. The van der Waals surface area contributed by atoms with Crippen LogP contribution in [0.15, 0.2) is 18.2 Å². The second kappa shape index (κ2) is 7.21. The number of carbonyl (C=O) groups excluding carboxylic acids is 1. The Kier molecular flexibility index (Phi) is 5.92. The van der Waals surface area contributed by atoms with E-state index in [0.717, 1.165) is 0 Å². The molecule has 0 fully saturated rings. The van der Waals surface area contributed by atoms with E-state index in [9.17, 15) is 9.59 Å². The summed E-state index contributed by atoms with van der Waals surface area (Å²) in [6.07, 6.45) is 0.0383. The number of carboxylic acids is 1. The lowest BCUT2D eigenvalue weighted by Gasteiger charge is -2.10. The Labute approximate surface area is 120 Å². The molecule has 0 aliphatic heterocycles. The average molecular weight is 306 g/mol. The van der Waals surface area contributed by atoms with Crippen LogP contribution in [0.4, 0.5) is 0 Å². The van der Waals surface area contributed by atoms with E-state index >= 15 is 0 Å². The van der Waals surface area contributed by atoms with E-state index in [0.29, 0.717) is 15.8 Å². The first-order valence-corrected chi connectivity index (χ1v) is 6.25. The van der Waals surface area contributed by atoms with Crippen molar-refractivity contribution in [2.24, 2.45) is 0 Å². The second-order valence-electron chi connectivity index (χ2n) is 3.80. The fourth-order valence-corrected chi connectivity index (χ4v) is 1.68. The zero-order chi connectivity index (χ0) is 14.4. The minimum absolute atomic E-state index is 0.0383. The Morgan fingerprint density at radius 1 is 1.42 bits per heavy atom. The van der Waals surface area contributed by atoms with Gasteiger partial charge in [0.05, 0.1) is 18.1 Å². The molecule has 1 aromatic rings. The predicted octanol–water partition coefficient (Wildman–Crippen LogP) is 2.35. The van der Waals surface area contributed by atoms with E-state index in [2.05, 4.69) is 5.32 Å². The van der Waals surface area contributed by atoms with Crippen molar-refractivity contribution in [2.75, 3.05) is 6.61 Å². The van der Waals surface area contributed by atoms with Gasteiger partial charge in [0.2, 0.25) is 5.91 Å². The number of carboxylic acid groups (broad SMARTS) is 1. The number of nitrogens with one attached hydrogen (secondary N) is 1. The molecule has 2 N–H and O–H groups in total. The lowest BCUT2D eigenvalue weighted by atomic mass is 10.3. The zero-order valence-electron chi connectivity index (χ0n) is 10.2. The van der Waals surface area contributed by atoms with Gasteiger partial charge in [-0.25, -0.2) is 0 Å². The van der Waals surface area contributed by atoms with E-state index in [1.165, 1.54) is 13.0 Å². The summed E-state index contributed by atoms with van der Waals surface area (Å²) in [5.74, 6) is -1.07. The van der Waals surface area contributed by atoms with Crippen molar-refractivity contribution in [3.63, 3.8) is 0 Å². The second-order valence-corrected chi connectivity index (χ2v) is 4.64. The molecular weight excluding hydrogens is 293 g/mol.